The monoisotopic (exact) mass is 263 g/mol. The average Bonchev–Trinajstić information content (AvgIpc) is 3.05. The van der Waals surface area contributed by atoms with E-state index in [1.165, 1.54) is 12.1 Å². The molecule has 0 aromatic carbocycles. The molecule has 1 unspecified atom stereocenters. The number of carboxylic acids is 1. The van der Waals surface area contributed by atoms with Gasteiger partial charge in [-0.3, -0.25) is 4.79 Å². The van der Waals surface area contributed by atoms with Crippen LogP contribution in [-0.4, -0.2) is 27.0 Å². The topological polar surface area (TPSA) is 108 Å². The van der Waals surface area contributed by atoms with Crippen LogP contribution in [0, 0.1) is 0 Å². The molecular weight excluding hydrogens is 250 g/mol. The molecule has 0 bridgehead atoms. The Morgan fingerprint density at radius 3 is 2.74 bits per heavy atom. The van der Waals surface area contributed by atoms with Crippen molar-refractivity contribution in [2.24, 2.45) is 0 Å². The van der Waals surface area contributed by atoms with Gasteiger partial charge in [0.2, 0.25) is 5.76 Å². The number of nitrogens with one attached hydrogen (secondary N) is 2. The van der Waals surface area contributed by atoms with Crippen LogP contribution in [0.2, 0.25) is 0 Å². The standard InChI is InChI=1S/C12H13N3O4/c1-2-7(10-13-5-6-14-10)15-11(16)8-3-4-9(19-8)12(17)18/h3-7H,2H2,1H3,(H,13,14)(H,15,16)(H,17,18). The smallest absolute Gasteiger partial charge is 0.371 e. The number of aromatic amines is 1. The molecule has 2 aromatic rings. The number of furan rings is 1. The molecule has 0 spiro atoms. The quantitative estimate of drug-likeness (QED) is 0.759. The number of imidazole rings is 1. The number of H-pyrrole nitrogens is 1. The fourth-order valence-corrected chi connectivity index (χ4v) is 1.64. The predicted molar refractivity (Wildman–Crippen MR) is 64.8 cm³/mol. The number of carboxylic acid groups (broad SMARTS) is 1. The van der Waals surface area contributed by atoms with Crippen molar-refractivity contribution in [3.05, 3.63) is 41.9 Å². The van der Waals surface area contributed by atoms with Crippen LogP contribution in [0.1, 0.15) is 46.3 Å². The molecule has 7 nitrogen and oxygen atoms in total. The molecule has 0 aliphatic heterocycles. The van der Waals surface area contributed by atoms with Gasteiger partial charge in [-0.25, -0.2) is 9.78 Å². The maximum atomic E-state index is 11.9. The van der Waals surface area contributed by atoms with Crippen molar-refractivity contribution in [1.82, 2.24) is 15.3 Å². The highest BCUT2D eigenvalue weighted by Crippen LogP contribution is 2.14. The van der Waals surface area contributed by atoms with Gasteiger partial charge < -0.3 is 19.8 Å². The first-order valence-electron chi connectivity index (χ1n) is 5.75. The fraction of sp³-hybridized carbons (Fsp3) is 0.250. The van der Waals surface area contributed by atoms with Crippen LogP contribution in [0.5, 0.6) is 0 Å². The number of carbonyl (C=O) groups is 2. The molecule has 3 N–H and O–H groups in total. The summed E-state index contributed by atoms with van der Waals surface area (Å²) in [5.41, 5.74) is 0. The lowest BCUT2D eigenvalue weighted by atomic mass is 10.2. The number of rotatable bonds is 5. The van der Waals surface area contributed by atoms with Gasteiger partial charge in [-0.2, -0.15) is 0 Å². The minimum atomic E-state index is -1.21. The Bertz CT molecular complexity index is 574. The van der Waals surface area contributed by atoms with Gasteiger partial charge in [0, 0.05) is 12.4 Å². The first kappa shape index (κ1) is 12.9. The second-order valence-electron chi connectivity index (χ2n) is 3.88. The van der Waals surface area contributed by atoms with Crippen molar-refractivity contribution in [2.75, 3.05) is 0 Å². The molecule has 0 aliphatic rings. The molecule has 1 amide bonds. The van der Waals surface area contributed by atoms with Gasteiger partial charge in [0.1, 0.15) is 5.82 Å². The van der Waals surface area contributed by atoms with Crippen LogP contribution in [0.15, 0.2) is 28.9 Å². The molecule has 2 heterocycles. The summed E-state index contributed by atoms with van der Waals surface area (Å²) in [4.78, 5) is 29.6. The molecule has 0 aliphatic carbocycles. The van der Waals surface area contributed by atoms with Crippen LogP contribution in [0.4, 0.5) is 0 Å². The summed E-state index contributed by atoms with van der Waals surface area (Å²) >= 11 is 0. The number of aromatic carboxylic acids is 1. The summed E-state index contributed by atoms with van der Waals surface area (Å²) in [6.07, 6.45) is 3.91. The van der Waals surface area contributed by atoms with Crippen molar-refractivity contribution in [1.29, 1.82) is 0 Å². The summed E-state index contributed by atoms with van der Waals surface area (Å²) in [7, 11) is 0. The summed E-state index contributed by atoms with van der Waals surface area (Å²) in [5.74, 6) is -1.35. The second-order valence-corrected chi connectivity index (χ2v) is 3.88. The van der Waals surface area contributed by atoms with Gasteiger partial charge in [0.25, 0.3) is 5.91 Å². The number of nitrogens with zero attached hydrogens (tertiary/aromatic N) is 1. The number of hydrogen-bond donors (Lipinski definition) is 3. The predicted octanol–water partition coefficient (Wildman–Crippen LogP) is 1.58. The van der Waals surface area contributed by atoms with Crippen molar-refractivity contribution in [3.8, 4) is 0 Å². The number of aromatic nitrogens is 2. The highest BCUT2D eigenvalue weighted by molar-refractivity contribution is 5.93. The molecule has 1 atom stereocenters. The fourth-order valence-electron chi connectivity index (χ4n) is 1.64. The van der Waals surface area contributed by atoms with Gasteiger partial charge in [0.05, 0.1) is 6.04 Å². The Morgan fingerprint density at radius 2 is 2.21 bits per heavy atom. The molecule has 0 radical (unpaired) electrons. The summed E-state index contributed by atoms with van der Waals surface area (Å²) in [5, 5.41) is 11.4. The number of amides is 1. The lowest BCUT2D eigenvalue weighted by Crippen LogP contribution is -2.28. The van der Waals surface area contributed by atoms with Gasteiger partial charge >= 0.3 is 5.97 Å². The van der Waals surface area contributed by atoms with E-state index in [9.17, 15) is 9.59 Å². The average molecular weight is 263 g/mol. The maximum Gasteiger partial charge on any atom is 0.371 e. The Labute approximate surface area is 108 Å². The van der Waals surface area contributed by atoms with Crippen molar-refractivity contribution in [2.45, 2.75) is 19.4 Å². The van der Waals surface area contributed by atoms with E-state index in [0.29, 0.717) is 12.2 Å². The normalized spacial score (nSPS) is 12.1. The van der Waals surface area contributed by atoms with E-state index in [1.807, 2.05) is 6.92 Å². The number of hydrogen-bond acceptors (Lipinski definition) is 4. The van der Waals surface area contributed by atoms with Gasteiger partial charge in [-0.1, -0.05) is 6.92 Å². The Balaban J connectivity index is 2.09. The summed E-state index contributed by atoms with van der Waals surface area (Å²) < 4.78 is 4.93. The third-order valence-corrected chi connectivity index (χ3v) is 2.60. The molecule has 2 rings (SSSR count). The molecule has 2 aromatic heterocycles. The molecular formula is C12H13N3O4. The third kappa shape index (κ3) is 2.82. The van der Waals surface area contributed by atoms with E-state index in [2.05, 4.69) is 15.3 Å². The Hall–Kier alpha value is -2.57. The lowest BCUT2D eigenvalue weighted by Gasteiger charge is -2.13. The van der Waals surface area contributed by atoms with Gasteiger partial charge in [-0.15, -0.1) is 0 Å². The van der Waals surface area contributed by atoms with Crippen LogP contribution >= 0.6 is 0 Å². The highest BCUT2D eigenvalue weighted by atomic mass is 16.4. The van der Waals surface area contributed by atoms with Crippen molar-refractivity contribution in [3.63, 3.8) is 0 Å². The largest absolute Gasteiger partial charge is 0.475 e. The molecule has 7 heteroatoms. The van der Waals surface area contributed by atoms with Crippen LogP contribution in [0.25, 0.3) is 0 Å². The zero-order valence-electron chi connectivity index (χ0n) is 10.2. The minimum Gasteiger partial charge on any atom is -0.475 e. The van der Waals surface area contributed by atoms with Crippen LogP contribution < -0.4 is 5.32 Å². The van der Waals surface area contributed by atoms with Crippen molar-refractivity contribution >= 4 is 11.9 Å². The molecule has 0 saturated carbocycles. The molecule has 0 fully saturated rings. The lowest BCUT2D eigenvalue weighted by molar-refractivity contribution is 0.0659. The first-order chi connectivity index (χ1) is 9.11. The maximum absolute atomic E-state index is 11.9. The van der Waals surface area contributed by atoms with Crippen LogP contribution in [-0.2, 0) is 0 Å². The van der Waals surface area contributed by atoms with E-state index in [4.69, 9.17) is 9.52 Å². The third-order valence-electron chi connectivity index (χ3n) is 2.60. The second kappa shape index (κ2) is 5.38. The zero-order valence-corrected chi connectivity index (χ0v) is 10.2. The van der Waals surface area contributed by atoms with Crippen molar-refractivity contribution < 1.29 is 19.1 Å². The Morgan fingerprint density at radius 1 is 1.47 bits per heavy atom. The van der Waals surface area contributed by atoms with Gasteiger partial charge in [0.15, 0.2) is 5.76 Å². The highest BCUT2D eigenvalue weighted by Gasteiger charge is 2.19. The van der Waals surface area contributed by atoms with Crippen LogP contribution in [0.3, 0.4) is 0 Å². The minimum absolute atomic E-state index is 0.0394. The summed E-state index contributed by atoms with van der Waals surface area (Å²) in [6, 6.07) is 2.29. The Kier molecular flexibility index (Phi) is 3.65. The molecule has 0 saturated heterocycles. The first-order valence-corrected chi connectivity index (χ1v) is 5.75. The molecule has 100 valence electrons. The van der Waals surface area contributed by atoms with Gasteiger partial charge in [-0.05, 0) is 18.6 Å². The number of carbonyl (C=O) groups excluding carboxylic acids is 1. The zero-order chi connectivity index (χ0) is 13.8. The van der Waals surface area contributed by atoms with E-state index in [1.54, 1.807) is 12.4 Å². The SMILES string of the molecule is CCC(NC(=O)c1ccc(C(=O)O)o1)c1ncc[nH]1. The van der Waals surface area contributed by atoms with E-state index in [0.717, 1.165) is 0 Å². The van der Waals surface area contributed by atoms with E-state index < -0.39 is 11.9 Å². The van der Waals surface area contributed by atoms with E-state index in [-0.39, 0.29) is 17.6 Å². The summed E-state index contributed by atoms with van der Waals surface area (Å²) in [6.45, 7) is 1.90. The molecule has 19 heavy (non-hydrogen) atoms. The van der Waals surface area contributed by atoms with E-state index >= 15 is 0 Å².